The summed E-state index contributed by atoms with van der Waals surface area (Å²) in [6.07, 6.45) is 1.98. The van der Waals surface area contributed by atoms with Crippen molar-refractivity contribution in [2.75, 3.05) is 13.1 Å². The van der Waals surface area contributed by atoms with Crippen molar-refractivity contribution in [3.63, 3.8) is 0 Å². The third-order valence-electron chi connectivity index (χ3n) is 2.23. The lowest BCUT2D eigenvalue weighted by Gasteiger charge is -2.11. The summed E-state index contributed by atoms with van der Waals surface area (Å²) in [5.41, 5.74) is 0.983. The third-order valence-corrected chi connectivity index (χ3v) is 2.23. The zero-order valence-electron chi connectivity index (χ0n) is 9.15. The number of aliphatic hydroxyl groups is 1. The van der Waals surface area contributed by atoms with Gasteiger partial charge in [0, 0.05) is 6.54 Å². The summed E-state index contributed by atoms with van der Waals surface area (Å²) in [6, 6.07) is 9.76. The molecule has 0 saturated carbocycles. The first-order valence-corrected chi connectivity index (χ1v) is 5.28. The monoisotopic (exact) mass is 229 g/mol. The molecule has 1 aromatic carbocycles. The first-order chi connectivity index (χ1) is 6.84. The van der Waals surface area contributed by atoms with Gasteiger partial charge in [-0.05, 0) is 18.5 Å². The van der Waals surface area contributed by atoms with Crippen LogP contribution in [0.3, 0.4) is 0 Å². The number of rotatable bonds is 6. The Balaban J connectivity index is 0.00000196. The van der Waals surface area contributed by atoms with E-state index in [0.717, 1.165) is 12.1 Å². The molecule has 1 rings (SSSR count). The molecule has 0 heterocycles. The van der Waals surface area contributed by atoms with Crippen LogP contribution in [0.5, 0.6) is 0 Å². The zero-order valence-corrected chi connectivity index (χ0v) is 9.96. The van der Waals surface area contributed by atoms with Gasteiger partial charge in [0.25, 0.3) is 0 Å². The van der Waals surface area contributed by atoms with E-state index >= 15 is 0 Å². The molecule has 1 unspecified atom stereocenters. The molecule has 3 heteroatoms. The van der Waals surface area contributed by atoms with Crippen molar-refractivity contribution < 1.29 is 5.11 Å². The first kappa shape index (κ1) is 14.4. The lowest BCUT2D eigenvalue weighted by Crippen LogP contribution is -2.22. The summed E-state index contributed by atoms with van der Waals surface area (Å²) < 4.78 is 0. The second kappa shape index (κ2) is 8.72. The van der Waals surface area contributed by atoms with Crippen molar-refractivity contribution in [2.45, 2.75) is 25.9 Å². The Labute approximate surface area is 98.1 Å². The highest BCUT2D eigenvalue weighted by Crippen LogP contribution is 2.10. The van der Waals surface area contributed by atoms with Gasteiger partial charge < -0.3 is 10.4 Å². The molecular formula is C12H20ClNO. The number of benzene rings is 1. The molecular weight excluding hydrogens is 210 g/mol. The fraction of sp³-hybridized carbons (Fsp3) is 0.500. The number of hydrogen-bond donors (Lipinski definition) is 2. The van der Waals surface area contributed by atoms with Crippen molar-refractivity contribution in [3.05, 3.63) is 35.9 Å². The van der Waals surface area contributed by atoms with Crippen LogP contribution in [-0.4, -0.2) is 18.2 Å². The topological polar surface area (TPSA) is 32.3 Å². The van der Waals surface area contributed by atoms with Crippen molar-refractivity contribution in [1.29, 1.82) is 0 Å². The summed E-state index contributed by atoms with van der Waals surface area (Å²) in [7, 11) is 0. The molecule has 2 N–H and O–H groups in total. The van der Waals surface area contributed by atoms with E-state index in [4.69, 9.17) is 0 Å². The number of aliphatic hydroxyl groups excluding tert-OH is 1. The van der Waals surface area contributed by atoms with Crippen LogP contribution < -0.4 is 5.32 Å². The van der Waals surface area contributed by atoms with Gasteiger partial charge in [0.2, 0.25) is 0 Å². The number of nitrogens with one attached hydrogen (secondary N) is 1. The molecule has 0 aliphatic rings. The molecule has 15 heavy (non-hydrogen) atoms. The molecule has 0 spiro atoms. The van der Waals surface area contributed by atoms with E-state index in [2.05, 4.69) is 12.2 Å². The van der Waals surface area contributed by atoms with Crippen LogP contribution in [0.1, 0.15) is 31.4 Å². The number of unbranched alkanes of at least 4 members (excludes halogenated alkanes) is 1. The minimum Gasteiger partial charge on any atom is -0.387 e. The third kappa shape index (κ3) is 5.78. The smallest absolute Gasteiger partial charge is 0.0914 e. The van der Waals surface area contributed by atoms with Gasteiger partial charge in [-0.1, -0.05) is 43.7 Å². The van der Waals surface area contributed by atoms with Gasteiger partial charge in [-0.3, -0.25) is 0 Å². The molecule has 0 fully saturated rings. The predicted molar refractivity (Wildman–Crippen MR) is 66.4 cm³/mol. The molecule has 0 saturated heterocycles. The van der Waals surface area contributed by atoms with E-state index in [1.165, 1.54) is 12.8 Å². The van der Waals surface area contributed by atoms with Gasteiger partial charge in [0.05, 0.1) is 6.10 Å². The Kier molecular flexibility index (Phi) is 8.38. The summed E-state index contributed by atoms with van der Waals surface area (Å²) >= 11 is 0. The fourth-order valence-corrected chi connectivity index (χ4v) is 1.33. The molecule has 86 valence electrons. The van der Waals surface area contributed by atoms with Gasteiger partial charge in [-0.15, -0.1) is 12.4 Å². The molecule has 0 aromatic heterocycles. The second-order valence-electron chi connectivity index (χ2n) is 3.48. The summed E-state index contributed by atoms with van der Waals surface area (Å²) in [5.74, 6) is 0. The standard InChI is InChI=1S/C12H19NO.ClH/c1-2-3-9-13-10-12(14)11-7-5-4-6-8-11;/h4-8,12-14H,2-3,9-10H2,1H3;1H. The maximum Gasteiger partial charge on any atom is 0.0914 e. The van der Waals surface area contributed by atoms with Crippen molar-refractivity contribution in [1.82, 2.24) is 5.32 Å². The largest absolute Gasteiger partial charge is 0.387 e. The number of halogens is 1. The molecule has 0 radical (unpaired) electrons. The van der Waals surface area contributed by atoms with E-state index < -0.39 is 0 Å². The van der Waals surface area contributed by atoms with Gasteiger partial charge in [0.1, 0.15) is 0 Å². The van der Waals surface area contributed by atoms with Crippen molar-refractivity contribution in [2.24, 2.45) is 0 Å². The van der Waals surface area contributed by atoms with Crippen LogP contribution in [0.4, 0.5) is 0 Å². The van der Waals surface area contributed by atoms with Crippen LogP contribution in [-0.2, 0) is 0 Å². The van der Waals surface area contributed by atoms with E-state index in [-0.39, 0.29) is 18.5 Å². The molecule has 0 bridgehead atoms. The Morgan fingerprint density at radius 3 is 2.53 bits per heavy atom. The SMILES string of the molecule is CCCCNCC(O)c1ccccc1.Cl. The molecule has 0 aliphatic carbocycles. The maximum absolute atomic E-state index is 9.76. The van der Waals surface area contributed by atoms with E-state index in [9.17, 15) is 5.11 Å². The molecule has 0 aliphatic heterocycles. The van der Waals surface area contributed by atoms with Crippen molar-refractivity contribution >= 4 is 12.4 Å². The van der Waals surface area contributed by atoms with Crippen LogP contribution in [0.25, 0.3) is 0 Å². The highest BCUT2D eigenvalue weighted by atomic mass is 35.5. The zero-order chi connectivity index (χ0) is 10.2. The number of hydrogen-bond acceptors (Lipinski definition) is 2. The lowest BCUT2D eigenvalue weighted by atomic mass is 10.1. The summed E-state index contributed by atoms with van der Waals surface area (Å²) in [5, 5.41) is 13.0. The Morgan fingerprint density at radius 2 is 1.93 bits per heavy atom. The van der Waals surface area contributed by atoms with Crippen LogP contribution in [0, 0.1) is 0 Å². The first-order valence-electron chi connectivity index (χ1n) is 5.28. The molecule has 2 nitrogen and oxygen atoms in total. The van der Waals surface area contributed by atoms with Crippen LogP contribution in [0.2, 0.25) is 0 Å². The minimum atomic E-state index is -0.381. The second-order valence-corrected chi connectivity index (χ2v) is 3.48. The fourth-order valence-electron chi connectivity index (χ4n) is 1.33. The van der Waals surface area contributed by atoms with Crippen LogP contribution >= 0.6 is 12.4 Å². The average molecular weight is 230 g/mol. The van der Waals surface area contributed by atoms with Gasteiger partial charge in [-0.2, -0.15) is 0 Å². The molecule has 1 aromatic rings. The Hall–Kier alpha value is -0.570. The summed E-state index contributed by atoms with van der Waals surface area (Å²) in [4.78, 5) is 0. The lowest BCUT2D eigenvalue weighted by molar-refractivity contribution is 0.175. The molecule has 0 amide bonds. The van der Waals surface area contributed by atoms with Gasteiger partial charge in [-0.25, -0.2) is 0 Å². The quantitative estimate of drug-likeness (QED) is 0.735. The van der Waals surface area contributed by atoms with Gasteiger partial charge >= 0.3 is 0 Å². The Morgan fingerprint density at radius 1 is 1.27 bits per heavy atom. The minimum absolute atomic E-state index is 0. The van der Waals surface area contributed by atoms with Crippen molar-refractivity contribution in [3.8, 4) is 0 Å². The average Bonchev–Trinajstić information content (AvgIpc) is 2.25. The van der Waals surface area contributed by atoms with E-state index in [1.807, 2.05) is 30.3 Å². The Bertz CT molecular complexity index is 241. The predicted octanol–water partition coefficient (Wildman–Crippen LogP) is 2.53. The highest BCUT2D eigenvalue weighted by Gasteiger charge is 2.04. The van der Waals surface area contributed by atoms with Crippen LogP contribution in [0.15, 0.2) is 30.3 Å². The van der Waals surface area contributed by atoms with E-state index in [0.29, 0.717) is 6.54 Å². The van der Waals surface area contributed by atoms with Gasteiger partial charge in [0.15, 0.2) is 0 Å². The van der Waals surface area contributed by atoms with E-state index in [1.54, 1.807) is 0 Å². The maximum atomic E-state index is 9.76. The highest BCUT2D eigenvalue weighted by molar-refractivity contribution is 5.85. The summed E-state index contributed by atoms with van der Waals surface area (Å²) in [6.45, 7) is 3.79. The normalized spacial score (nSPS) is 11.9. The molecule has 1 atom stereocenters.